The van der Waals surface area contributed by atoms with Gasteiger partial charge in [0.2, 0.25) is 10.0 Å². The van der Waals surface area contributed by atoms with Gasteiger partial charge in [0.25, 0.3) is 0 Å². The van der Waals surface area contributed by atoms with E-state index in [1.54, 1.807) is 12.1 Å². The molecule has 0 spiro atoms. The van der Waals surface area contributed by atoms with E-state index in [9.17, 15) is 13.2 Å². The lowest BCUT2D eigenvalue weighted by atomic mass is 9.97. The predicted octanol–water partition coefficient (Wildman–Crippen LogP) is 5.59. The Hall–Kier alpha value is -1.89. The summed E-state index contributed by atoms with van der Waals surface area (Å²) in [6.07, 6.45) is 4.03. The van der Waals surface area contributed by atoms with Crippen molar-refractivity contribution in [1.82, 2.24) is 4.72 Å². The summed E-state index contributed by atoms with van der Waals surface area (Å²) in [7, 11) is -3.68. The zero-order valence-electron chi connectivity index (χ0n) is 17.5. The van der Waals surface area contributed by atoms with Crippen LogP contribution in [0.5, 0.6) is 0 Å². The van der Waals surface area contributed by atoms with Crippen molar-refractivity contribution in [3.8, 4) is 0 Å². The summed E-state index contributed by atoms with van der Waals surface area (Å²) in [5.41, 5.74) is 1.94. The van der Waals surface area contributed by atoms with Crippen LogP contribution in [-0.2, 0) is 21.2 Å². The molecule has 164 valence electrons. The zero-order chi connectivity index (χ0) is 22.1. The molecule has 0 aliphatic rings. The Morgan fingerprint density at radius 2 is 1.63 bits per heavy atom. The van der Waals surface area contributed by atoms with Crippen molar-refractivity contribution in [2.24, 2.45) is 5.92 Å². The molecule has 0 heterocycles. The normalized spacial score (nSPS) is 12.8. The van der Waals surface area contributed by atoms with E-state index >= 15 is 0 Å². The summed E-state index contributed by atoms with van der Waals surface area (Å²) >= 11 is 5.88. The van der Waals surface area contributed by atoms with E-state index in [0.29, 0.717) is 30.2 Å². The summed E-state index contributed by atoms with van der Waals surface area (Å²) in [4.78, 5) is 10.9. The molecular weight excluding hydrogens is 422 g/mol. The molecule has 0 aromatic heterocycles. The van der Waals surface area contributed by atoms with Crippen LogP contribution in [0, 0.1) is 5.92 Å². The van der Waals surface area contributed by atoms with Gasteiger partial charge in [0.05, 0.1) is 4.90 Å². The summed E-state index contributed by atoms with van der Waals surface area (Å²) in [6, 6.07) is 13.6. The van der Waals surface area contributed by atoms with Gasteiger partial charge in [-0.1, -0.05) is 62.6 Å². The van der Waals surface area contributed by atoms with E-state index in [1.807, 2.05) is 24.3 Å². The van der Waals surface area contributed by atoms with Crippen LogP contribution in [-0.4, -0.2) is 19.5 Å². The first-order valence-electron chi connectivity index (χ1n) is 10.3. The molecule has 7 heteroatoms. The molecular formula is C23H30ClNO4S. The minimum atomic E-state index is -3.68. The van der Waals surface area contributed by atoms with Gasteiger partial charge in [-0.05, 0) is 60.6 Å². The van der Waals surface area contributed by atoms with E-state index in [2.05, 4.69) is 18.6 Å². The van der Waals surface area contributed by atoms with Gasteiger partial charge in [0.15, 0.2) is 0 Å². The van der Waals surface area contributed by atoms with Crippen molar-refractivity contribution in [2.75, 3.05) is 0 Å². The number of benzene rings is 2. The second-order valence-electron chi connectivity index (χ2n) is 7.94. The number of carboxylic acid groups (broad SMARTS) is 1. The number of carbonyl (C=O) groups is 1. The van der Waals surface area contributed by atoms with Crippen molar-refractivity contribution in [3.63, 3.8) is 0 Å². The van der Waals surface area contributed by atoms with E-state index in [0.717, 1.165) is 24.0 Å². The van der Waals surface area contributed by atoms with Crippen LogP contribution >= 0.6 is 11.6 Å². The molecule has 5 nitrogen and oxygen atoms in total. The zero-order valence-corrected chi connectivity index (χ0v) is 19.0. The predicted molar refractivity (Wildman–Crippen MR) is 120 cm³/mol. The topological polar surface area (TPSA) is 83.5 Å². The maximum Gasteiger partial charge on any atom is 0.303 e. The maximum atomic E-state index is 12.9. The number of hydrogen-bond acceptors (Lipinski definition) is 3. The Morgan fingerprint density at radius 1 is 1.00 bits per heavy atom. The number of aryl methyl sites for hydroxylation is 1. The lowest BCUT2D eigenvalue weighted by Gasteiger charge is -2.20. The number of nitrogens with one attached hydrogen (secondary N) is 1. The number of carboxylic acids is 1. The standard InChI is InChI=1S/C23H30ClNO4S/c1-17(2)5-3-7-22(25-30(28,29)21-15-13-20(24)14-16-21)19-11-9-18(10-12-19)6-4-8-23(26)27/h9-17,22,25H,3-8H2,1-2H3,(H,26,27)/t22-/m1/s1. The fourth-order valence-corrected chi connectivity index (χ4v) is 4.64. The van der Waals surface area contributed by atoms with Gasteiger partial charge in [-0.3, -0.25) is 4.79 Å². The van der Waals surface area contributed by atoms with Gasteiger partial charge in [-0.2, -0.15) is 0 Å². The molecule has 0 saturated carbocycles. The fourth-order valence-electron chi connectivity index (χ4n) is 3.25. The molecule has 0 aliphatic heterocycles. The third-order valence-electron chi connectivity index (χ3n) is 4.93. The molecule has 0 bridgehead atoms. The third-order valence-corrected chi connectivity index (χ3v) is 6.67. The summed E-state index contributed by atoms with van der Waals surface area (Å²) in [6.45, 7) is 4.30. The van der Waals surface area contributed by atoms with Gasteiger partial charge >= 0.3 is 5.97 Å². The van der Waals surface area contributed by atoms with E-state index in [-0.39, 0.29) is 17.4 Å². The minimum Gasteiger partial charge on any atom is -0.481 e. The largest absolute Gasteiger partial charge is 0.481 e. The molecule has 1 atom stereocenters. The van der Waals surface area contributed by atoms with Crippen LogP contribution in [0.4, 0.5) is 0 Å². The van der Waals surface area contributed by atoms with Crippen LogP contribution < -0.4 is 4.72 Å². The monoisotopic (exact) mass is 451 g/mol. The highest BCUT2D eigenvalue weighted by Gasteiger charge is 2.21. The number of rotatable bonds is 12. The molecule has 30 heavy (non-hydrogen) atoms. The highest BCUT2D eigenvalue weighted by molar-refractivity contribution is 7.89. The second-order valence-corrected chi connectivity index (χ2v) is 10.1. The Bertz CT molecular complexity index is 909. The molecule has 2 N–H and O–H groups in total. The highest BCUT2D eigenvalue weighted by Crippen LogP contribution is 2.25. The summed E-state index contributed by atoms with van der Waals surface area (Å²) in [5.74, 6) is -0.247. The van der Waals surface area contributed by atoms with Gasteiger partial charge < -0.3 is 5.11 Å². The lowest BCUT2D eigenvalue weighted by Crippen LogP contribution is -2.28. The first kappa shape index (κ1) is 24.4. The molecule has 0 unspecified atom stereocenters. The fraction of sp³-hybridized carbons (Fsp3) is 0.435. The molecule has 0 aliphatic carbocycles. The molecule has 2 aromatic carbocycles. The summed E-state index contributed by atoms with van der Waals surface area (Å²) < 4.78 is 28.6. The first-order valence-corrected chi connectivity index (χ1v) is 12.1. The van der Waals surface area contributed by atoms with Crippen LogP contribution in [0.3, 0.4) is 0 Å². The number of sulfonamides is 1. The molecule has 2 rings (SSSR count). The smallest absolute Gasteiger partial charge is 0.303 e. The first-order chi connectivity index (χ1) is 14.2. The van der Waals surface area contributed by atoms with Gasteiger partial charge in [0, 0.05) is 17.5 Å². The Balaban J connectivity index is 2.15. The van der Waals surface area contributed by atoms with Crippen molar-refractivity contribution in [2.45, 2.75) is 63.3 Å². The number of halogens is 1. The molecule has 0 fully saturated rings. The van der Waals surface area contributed by atoms with Crippen LogP contribution in [0.15, 0.2) is 53.4 Å². The van der Waals surface area contributed by atoms with Crippen molar-refractivity contribution >= 4 is 27.6 Å². The van der Waals surface area contributed by atoms with Crippen LogP contribution in [0.1, 0.15) is 63.1 Å². The van der Waals surface area contributed by atoms with E-state index in [1.165, 1.54) is 12.1 Å². The number of aliphatic carboxylic acids is 1. The van der Waals surface area contributed by atoms with Crippen molar-refractivity contribution < 1.29 is 18.3 Å². The van der Waals surface area contributed by atoms with Gasteiger partial charge in [-0.15, -0.1) is 0 Å². The van der Waals surface area contributed by atoms with Gasteiger partial charge in [-0.25, -0.2) is 13.1 Å². The van der Waals surface area contributed by atoms with Crippen LogP contribution in [0.25, 0.3) is 0 Å². The lowest BCUT2D eigenvalue weighted by molar-refractivity contribution is -0.137. The van der Waals surface area contributed by atoms with Gasteiger partial charge in [0.1, 0.15) is 0 Å². The number of hydrogen-bond donors (Lipinski definition) is 2. The molecule has 0 amide bonds. The molecule has 2 aromatic rings. The Kier molecular flexibility index (Phi) is 9.34. The van der Waals surface area contributed by atoms with Crippen molar-refractivity contribution in [1.29, 1.82) is 0 Å². The molecule has 0 saturated heterocycles. The third kappa shape index (κ3) is 8.09. The maximum absolute atomic E-state index is 12.9. The Labute approximate surface area is 184 Å². The van der Waals surface area contributed by atoms with Crippen molar-refractivity contribution in [3.05, 3.63) is 64.7 Å². The second kappa shape index (κ2) is 11.5. The van der Waals surface area contributed by atoms with E-state index < -0.39 is 16.0 Å². The average Bonchev–Trinajstić information content (AvgIpc) is 2.67. The minimum absolute atomic E-state index is 0.139. The quantitative estimate of drug-likeness (QED) is 0.440. The highest BCUT2D eigenvalue weighted by atomic mass is 35.5. The average molecular weight is 452 g/mol. The molecule has 0 radical (unpaired) electrons. The summed E-state index contributed by atoms with van der Waals surface area (Å²) in [5, 5.41) is 9.26. The van der Waals surface area contributed by atoms with E-state index in [4.69, 9.17) is 16.7 Å². The van der Waals surface area contributed by atoms with Crippen LogP contribution in [0.2, 0.25) is 5.02 Å². The Morgan fingerprint density at radius 3 is 2.20 bits per heavy atom. The SMILES string of the molecule is CC(C)CCC[C@@H](NS(=O)(=O)c1ccc(Cl)cc1)c1ccc(CCCC(=O)O)cc1.